The molecule has 0 saturated carbocycles. The van der Waals surface area contributed by atoms with Crippen LogP contribution in [-0.4, -0.2) is 40.7 Å². The van der Waals surface area contributed by atoms with Crippen LogP contribution in [0.5, 0.6) is 0 Å². The summed E-state index contributed by atoms with van der Waals surface area (Å²) in [5, 5.41) is 23.2. The first-order valence-corrected chi connectivity index (χ1v) is 7.93. The standard InChI is InChI=1S/C17H24N4O5.ClH/c1-10(20-16(25)26-17(2,3)4)14(22)19-9-11-5-7-12(8-6-11)13(18)21-15(23)24;/h5-8,10H,9H2,1-4H3,(H2,18,21)(H,19,22)(H,20,25)(H,23,24);1H. The van der Waals surface area contributed by atoms with Gasteiger partial charge in [-0.15, -0.1) is 12.4 Å². The summed E-state index contributed by atoms with van der Waals surface area (Å²) in [5.41, 5.74) is 0.516. The van der Waals surface area contributed by atoms with Crippen LogP contribution >= 0.6 is 12.4 Å². The highest BCUT2D eigenvalue weighted by atomic mass is 35.5. The molecule has 0 heterocycles. The summed E-state index contributed by atoms with van der Waals surface area (Å²) in [5.74, 6) is -0.608. The van der Waals surface area contributed by atoms with Gasteiger partial charge in [0.05, 0.1) is 0 Å². The van der Waals surface area contributed by atoms with Gasteiger partial charge in [-0.1, -0.05) is 24.3 Å². The number of ether oxygens (including phenoxy) is 1. The zero-order valence-corrected chi connectivity index (χ0v) is 16.4. The topological polar surface area (TPSA) is 141 Å². The molecule has 1 atom stereocenters. The third-order valence-electron chi connectivity index (χ3n) is 3.07. The normalized spacial score (nSPS) is 11.4. The van der Waals surface area contributed by atoms with E-state index in [1.165, 1.54) is 0 Å². The van der Waals surface area contributed by atoms with Gasteiger partial charge in [0.1, 0.15) is 17.5 Å². The number of nitrogens with one attached hydrogen (secondary N) is 4. The van der Waals surface area contributed by atoms with Crippen LogP contribution in [0.15, 0.2) is 24.3 Å². The molecule has 150 valence electrons. The number of amides is 3. The second-order valence-corrected chi connectivity index (χ2v) is 6.59. The molecule has 1 aromatic carbocycles. The molecule has 27 heavy (non-hydrogen) atoms. The van der Waals surface area contributed by atoms with E-state index in [1.54, 1.807) is 52.0 Å². The smallest absolute Gasteiger partial charge is 0.410 e. The van der Waals surface area contributed by atoms with Crippen LogP contribution in [0, 0.1) is 5.41 Å². The Kier molecular flexibility index (Phi) is 9.29. The minimum Gasteiger partial charge on any atom is -0.465 e. The number of halogens is 1. The van der Waals surface area contributed by atoms with E-state index in [1.807, 2.05) is 5.32 Å². The fourth-order valence-electron chi connectivity index (χ4n) is 1.86. The molecule has 0 fully saturated rings. The van der Waals surface area contributed by atoms with Gasteiger partial charge in [0.25, 0.3) is 0 Å². The van der Waals surface area contributed by atoms with Gasteiger partial charge in [-0.25, -0.2) is 9.59 Å². The molecular weight excluding hydrogens is 376 g/mol. The maximum Gasteiger partial charge on any atom is 0.410 e. The van der Waals surface area contributed by atoms with Gasteiger partial charge in [0, 0.05) is 12.1 Å². The van der Waals surface area contributed by atoms with Crippen molar-refractivity contribution in [3.05, 3.63) is 35.4 Å². The second-order valence-electron chi connectivity index (χ2n) is 6.59. The van der Waals surface area contributed by atoms with Crippen LogP contribution in [0.1, 0.15) is 38.8 Å². The Morgan fingerprint density at radius 1 is 1.19 bits per heavy atom. The first-order valence-electron chi connectivity index (χ1n) is 7.93. The van der Waals surface area contributed by atoms with Crippen molar-refractivity contribution in [2.45, 2.75) is 45.9 Å². The van der Waals surface area contributed by atoms with Crippen LogP contribution in [0.2, 0.25) is 0 Å². The molecule has 0 spiro atoms. The maximum absolute atomic E-state index is 12.0. The van der Waals surface area contributed by atoms with Crippen LogP contribution in [-0.2, 0) is 16.1 Å². The number of rotatable bonds is 5. The first-order chi connectivity index (χ1) is 12.0. The molecule has 0 aliphatic rings. The Morgan fingerprint density at radius 3 is 2.22 bits per heavy atom. The largest absolute Gasteiger partial charge is 0.465 e. The van der Waals surface area contributed by atoms with Gasteiger partial charge < -0.3 is 20.5 Å². The summed E-state index contributed by atoms with van der Waals surface area (Å²) in [6, 6.07) is 5.71. The summed E-state index contributed by atoms with van der Waals surface area (Å²) < 4.78 is 5.09. The zero-order valence-electron chi connectivity index (χ0n) is 15.6. The lowest BCUT2D eigenvalue weighted by Crippen LogP contribution is -2.46. The Balaban J connectivity index is 0.00000676. The number of hydrogen-bond donors (Lipinski definition) is 5. The van der Waals surface area contributed by atoms with Gasteiger partial charge in [-0.3, -0.25) is 15.5 Å². The molecule has 0 bridgehead atoms. The monoisotopic (exact) mass is 400 g/mol. The molecule has 9 nitrogen and oxygen atoms in total. The third-order valence-corrected chi connectivity index (χ3v) is 3.07. The highest BCUT2D eigenvalue weighted by Crippen LogP contribution is 2.07. The minimum absolute atomic E-state index is 0. The average molecular weight is 401 g/mol. The molecular formula is C17H25ClN4O5. The molecule has 3 amide bonds. The van der Waals surface area contributed by atoms with E-state index in [4.69, 9.17) is 15.3 Å². The number of amidine groups is 1. The van der Waals surface area contributed by atoms with Crippen molar-refractivity contribution < 1.29 is 24.2 Å². The van der Waals surface area contributed by atoms with Crippen molar-refractivity contribution in [2.24, 2.45) is 0 Å². The molecule has 0 aromatic heterocycles. The summed E-state index contributed by atoms with van der Waals surface area (Å²) in [7, 11) is 0. The molecule has 1 aromatic rings. The Morgan fingerprint density at radius 2 is 1.74 bits per heavy atom. The molecule has 10 heteroatoms. The van der Waals surface area contributed by atoms with E-state index < -0.39 is 23.8 Å². The van der Waals surface area contributed by atoms with Gasteiger partial charge in [-0.05, 0) is 33.3 Å². The van der Waals surface area contributed by atoms with Crippen molar-refractivity contribution in [3.63, 3.8) is 0 Å². The highest BCUT2D eigenvalue weighted by Gasteiger charge is 2.20. The Labute approximate surface area is 163 Å². The van der Waals surface area contributed by atoms with Gasteiger partial charge in [0.15, 0.2) is 0 Å². The lowest BCUT2D eigenvalue weighted by molar-refractivity contribution is -0.122. The predicted molar refractivity (Wildman–Crippen MR) is 102 cm³/mol. The van der Waals surface area contributed by atoms with Crippen molar-refractivity contribution in [2.75, 3.05) is 0 Å². The van der Waals surface area contributed by atoms with Crippen LogP contribution < -0.4 is 16.0 Å². The molecule has 0 aliphatic carbocycles. The van der Waals surface area contributed by atoms with E-state index >= 15 is 0 Å². The van der Waals surface area contributed by atoms with E-state index in [2.05, 4.69) is 10.6 Å². The van der Waals surface area contributed by atoms with Gasteiger partial charge >= 0.3 is 12.2 Å². The molecule has 0 radical (unpaired) electrons. The fraction of sp³-hybridized carbons (Fsp3) is 0.412. The maximum atomic E-state index is 12.0. The van der Waals surface area contributed by atoms with Crippen LogP contribution in [0.3, 0.4) is 0 Å². The summed E-state index contributed by atoms with van der Waals surface area (Å²) in [4.78, 5) is 34.2. The molecule has 1 rings (SSSR count). The Hall–Kier alpha value is -2.81. The SMILES string of the molecule is CC(NC(=O)OC(C)(C)C)C(=O)NCc1ccc(C(=N)NC(=O)O)cc1.Cl. The van der Waals surface area contributed by atoms with E-state index in [0.29, 0.717) is 5.56 Å². The van der Waals surface area contributed by atoms with Gasteiger partial charge in [0.2, 0.25) is 5.91 Å². The van der Waals surface area contributed by atoms with Crippen molar-refractivity contribution in [1.82, 2.24) is 16.0 Å². The number of carbonyl (C=O) groups excluding carboxylic acids is 2. The van der Waals surface area contributed by atoms with Crippen molar-refractivity contribution in [3.8, 4) is 0 Å². The number of hydrogen-bond acceptors (Lipinski definition) is 5. The predicted octanol–water partition coefficient (Wildman–Crippen LogP) is 2.23. The molecule has 1 unspecified atom stereocenters. The molecule has 0 aliphatic heterocycles. The third kappa shape index (κ3) is 9.45. The number of carboxylic acid groups (broad SMARTS) is 1. The minimum atomic E-state index is -1.31. The quantitative estimate of drug-likeness (QED) is 0.380. The lowest BCUT2D eigenvalue weighted by atomic mass is 10.1. The van der Waals surface area contributed by atoms with E-state index in [9.17, 15) is 14.4 Å². The summed E-state index contributed by atoms with van der Waals surface area (Å²) in [6.07, 6.45) is -1.98. The summed E-state index contributed by atoms with van der Waals surface area (Å²) >= 11 is 0. The van der Waals surface area contributed by atoms with Crippen LogP contribution in [0.4, 0.5) is 9.59 Å². The second kappa shape index (κ2) is 10.4. The summed E-state index contributed by atoms with van der Waals surface area (Å²) in [6.45, 7) is 6.95. The molecule has 0 saturated heterocycles. The van der Waals surface area contributed by atoms with Gasteiger partial charge in [-0.2, -0.15) is 0 Å². The average Bonchev–Trinajstić information content (AvgIpc) is 2.50. The number of carbonyl (C=O) groups is 3. The van der Waals surface area contributed by atoms with Crippen molar-refractivity contribution >= 4 is 36.3 Å². The van der Waals surface area contributed by atoms with Crippen LogP contribution in [0.25, 0.3) is 0 Å². The van der Waals surface area contributed by atoms with E-state index in [0.717, 1.165) is 5.56 Å². The Bertz CT molecular complexity index is 686. The zero-order chi connectivity index (χ0) is 19.9. The first kappa shape index (κ1) is 24.2. The lowest BCUT2D eigenvalue weighted by Gasteiger charge is -2.21. The number of benzene rings is 1. The molecule has 5 N–H and O–H groups in total. The number of alkyl carbamates (subject to hydrolysis) is 1. The van der Waals surface area contributed by atoms with E-state index in [-0.39, 0.29) is 30.7 Å². The highest BCUT2D eigenvalue weighted by molar-refractivity contribution is 6.04. The fourth-order valence-corrected chi connectivity index (χ4v) is 1.86. The van der Waals surface area contributed by atoms with Crippen molar-refractivity contribution in [1.29, 1.82) is 5.41 Å².